The van der Waals surface area contributed by atoms with E-state index >= 15 is 0 Å². The zero-order chi connectivity index (χ0) is 20.0. The fourth-order valence-corrected chi connectivity index (χ4v) is 2.82. The minimum absolute atomic E-state index is 0.186. The highest BCUT2D eigenvalue weighted by Crippen LogP contribution is 2.26. The van der Waals surface area contributed by atoms with Crippen molar-refractivity contribution >= 4 is 11.9 Å². The molecule has 4 N–H and O–H groups in total. The van der Waals surface area contributed by atoms with Gasteiger partial charge >= 0.3 is 6.09 Å². The van der Waals surface area contributed by atoms with Crippen LogP contribution in [0.4, 0.5) is 10.6 Å². The third-order valence-electron chi connectivity index (χ3n) is 3.71. The second kappa shape index (κ2) is 8.47. The van der Waals surface area contributed by atoms with Crippen molar-refractivity contribution in [2.24, 2.45) is 11.7 Å². The van der Waals surface area contributed by atoms with Gasteiger partial charge in [-0.25, -0.2) is 14.8 Å². The minimum Gasteiger partial charge on any atom is -0.475 e. The molecular weight excluding hydrogens is 346 g/mol. The number of nitrogens with two attached hydrogens (primary N) is 1. The Morgan fingerprint density at radius 2 is 2.15 bits per heavy atom. The molecule has 0 saturated heterocycles. The molecule has 0 aliphatic rings. The SMILES string of the molecule is CC(C)CC(C)(N)COc1ncc(-c2ccnc(NC(=O)O)c2)cc1C#N. The first kappa shape index (κ1) is 20.1. The Labute approximate surface area is 158 Å². The summed E-state index contributed by atoms with van der Waals surface area (Å²) in [4.78, 5) is 18.9. The van der Waals surface area contributed by atoms with Gasteiger partial charge in [0.25, 0.3) is 0 Å². The van der Waals surface area contributed by atoms with Crippen molar-refractivity contribution in [1.82, 2.24) is 9.97 Å². The number of nitrogens with zero attached hydrogens (tertiary/aromatic N) is 3. The molecular formula is C19H23N5O3. The summed E-state index contributed by atoms with van der Waals surface area (Å²) < 4.78 is 5.70. The lowest BCUT2D eigenvalue weighted by Crippen LogP contribution is -2.43. The first-order valence-corrected chi connectivity index (χ1v) is 8.48. The number of pyridine rings is 2. The summed E-state index contributed by atoms with van der Waals surface area (Å²) in [6, 6.07) is 6.97. The van der Waals surface area contributed by atoms with E-state index in [9.17, 15) is 10.1 Å². The van der Waals surface area contributed by atoms with Gasteiger partial charge in [-0.2, -0.15) is 5.26 Å². The largest absolute Gasteiger partial charge is 0.475 e. The Morgan fingerprint density at radius 1 is 1.41 bits per heavy atom. The van der Waals surface area contributed by atoms with Gasteiger partial charge in [0.1, 0.15) is 24.1 Å². The highest BCUT2D eigenvalue weighted by atomic mass is 16.5. The van der Waals surface area contributed by atoms with Crippen molar-refractivity contribution < 1.29 is 14.6 Å². The number of rotatable bonds is 7. The molecule has 1 amide bonds. The Morgan fingerprint density at radius 3 is 2.78 bits per heavy atom. The number of hydrogen-bond donors (Lipinski definition) is 3. The molecule has 27 heavy (non-hydrogen) atoms. The Hall–Kier alpha value is -3.18. The monoisotopic (exact) mass is 369 g/mol. The summed E-state index contributed by atoms with van der Waals surface area (Å²) in [5.74, 6) is 0.834. The van der Waals surface area contributed by atoms with E-state index in [0.717, 1.165) is 6.42 Å². The number of nitrogens with one attached hydrogen (secondary N) is 1. The van der Waals surface area contributed by atoms with Crippen molar-refractivity contribution in [2.75, 3.05) is 11.9 Å². The van der Waals surface area contributed by atoms with Gasteiger partial charge < -0.3 is 15.6 Å². The van der Waals surface area contributed by atoms with Crippen LogP contribution < -0.4 is 15.8 Å². The van der Waals surface area contributed by atoms with Gasteiger partial charge in [-0.1, -0.05) is 13.8 Å². The number of carboxylic acid groups (broad SMARTS) is 1. The highest BCUT2D eigenvalue weighted by Gasteiger charge is 2.22. The molecule has 2 aromatic rings. The lowest BCUT2D eigenvalue weighted by Gasteiger charge is -2.26. The molecule has 0 fully saturated rings. The number of amides is 1. The van der Waals surface area contributed by atoms with E-state index in [0.29, 0.717) is 17.0 Å². The Kier molecular flexibility index (Phi) is 6.32. The van der Waals surface area contributed by atoms with Crippen LogP contribution in [0.2, 0.25) is 0 Å². The number of ether oxygens (including phenoxy) is 1. The molecule has 0 aliphatic heterocycles. The molecule has 0 aromatic carbocycles. The summed E-state index contributed by atoms with van der Waals surface area (Å²) in [6.45, 7) is 6.32. The predicted molar refractivity (Wildman–Crippen MR) is 101 cm³/mol. The molecule has 1 unspecified atom stereocenters. The van der Waals surface area contributed by atoms with Crippen molar-refractivity contribution in [3.63, 3.8) is 0 Å². The maximum atomic E-state index is 10.7. The molecule has 2 rings (SSSR count). The first-order valence-electron chi connectivity index (χ1n) is 8.48. The van der Waals surface area contributed by atoms with E-state index < -0.39 is 11.6 Å². The van der Waals surface area contributed by atoms with Crippen LogP contribution in [0.3, 0.4) is 0 Å². The van der Waals surface area contributed by atoms with Crippen molar-refractivity contribution in [2.45, 2.75) is 32.7 Å². The van der Waals surface area contributed by atoms with Crippen LogP contribution in [0.5, 0.6) is 5.88 Å². The fourth-order valence-electron chi connectivity index (χ4n) is 2.82. The molecule has 0 saturated carbocycles. The number of aromatic nitrogens is 2. The standard InChI is InChI=1S/C19H23N5O3/c1-12(2)8-19(3,21)11-27-17-14(9-20)6-15(10-23-17)13-4-5-22-16(7-13)24-18(25)26/h4-7,10,12H,8,11,21H2,1-3H3,(H,22,24)(H,25,26). The van der Waals surface area contributed by atoms with Crippen LogP contribution in [0.1, 0.15) is 32.8 Å². The van der Waals surface area contributed by atoms with E-state index in [1.807, 2.05) is 6.92 Å². The zero-order valence-electron chi connectivity index (χ0n) is 15.6. The van der Waals surface area contributed by atoms with Crippen LogP contribution in [-0.2, 0) is 0 Å². The quantitative estimate of drug-likeness (QED) is 0.682. The van der Waals surface area contributed by atoms with Crippen molar-refractivity contribution in [3.8, 4) is 23.1 Å². The zero-order valence-corrected chi connectivity index (χ0v) is 15.6. The smallest absolute Gasteiger partial charge is 0.410 e. The summed E-state index contributed by atoms with van der Waals surface area (Å²) in [5.41, 5.74) is 7.31. The van der Waals surface area contributed by atoms with E-state index in [-0.39, 0.29) is 23.9 Å². The molecule has 0 radical (unpaired) electrons. The van der Waals surface area contributed by atoms with Gasteiger partial charge in [-0.3, -0.25) is 5.32 Å². The van der Waals surface area contributed by atoms with Crippen LogP contribution in [0.25, 0.3) is 11.1 Å². The Bertz CT molecular complexity index is 859. The average Bonchev–Trinajstić information content (AvgIpc) is 2.58. The highest BCUT2D eigenvalue weighted by molar-refractivity contribution is 5.82. The summed E-state index contributed by atoms with van der Waals surface area (Å²) in [5, 5.41) is 20.4. The van der Waals surface area contributed by atoms with Crippen molar-refractivity contribution in [1.29, 1.82) is 5.26 Å². The number of carbonyl (C=O) groups is 1. The van der Waals surface area contributed by atoms with Gasteiger partial charge in [0.15, 0.2) is 0 Å². The van der Waals surface area contributed by atoms with E-state index in [1.165, 1.54) is 6.20 Å². The maximum absolute atomic E-state index is 10.7. The average molecular weight is 369 g/mol. The number of anilines is 1. The van der Waals surface area contributed by atoms with Crippen LogP contribution in [0, 0.1) is 17.2 Å². The third kappa shape index (κ3) is 5.94. The molecule has 8 heteroatoms. The lowest BCUT2D eigenvalue weighted by atomic mass is 9.93. The molecule has 0 bridgehead atoms. The van der Waals surface area contributed by atoms with Crippen molar-refractivity contribution in [3.05, 3.63) is 36.2 Å². The molecule has 0 aliphatic carbocycles. The molecule has 2 aromatic heterocycles. The molecule has 2 heterocycles. The number of hydrogen-bond acceptors (Lipinski definition) is 6. The van der Waals surface area contributed by atoms with Gasteiger partial charge in [0.05, 0.1) is 0 Å². The van der Waals surface area contributed by atoms with Gasteiger partial charge in [-0.05, 0) is 43.0 Å². The summed E-state index contributed by atoms with van der Waals surface area (Å²) in [6.07, 6.45) is 2.61. The summed E-state index contributed by atoms with van der Waals surface area (Å²) >= 11 is 0. The van der Waals surface area contributed by atoms with E-state index in [4.69, 9.17) is 15.6 Å². The fraction of sp³-hybridized carbons (Fsp3) is 0.368. The molecule has 142 valence electrons. The first-order chi connectivity index (χ1) is 12.7. The maximum Gasteiger partial charge on any atom is 0.410 e. The topological polar surface area (TPSA) is 134 Å². The second-order valence-corrected chi connectivity index (χ2v) is 7.09. The lowest BCUT2D eigenvalue weighted by molar-refractivity contribution is 0.200. The van der Waals surface area contributed by atoms with E-state index in [1.54, 1.807) is 24.4 Å². The van der Waals surface area contributed by atoms with Crippen LogP contribution in [-0.4, -0.2) is 33.3 Å². The second-order valence-electron chi connectivity index (χ2n) is 7.09. The van der Waals surface area contributed by atoms with Gasteiger partial charge in [0.2, 0.25) is 5.88 Å². The normalized spacial score (nSPS) is 12.9. The van der Waals surface area contributed by atoms with E-state index in [2.05, 4.69) is 35.2 Å². The van der Waals surface area contributed by atoms with Gasteiger partial charge in [-0.15, -0.1) is 0 Å². The Balaban J connectivity index is 2.21. The molecule has 1 atom stereocenters. The summed E-state index contributed by atoms with van der Waals surface area (Å²) in [7, 11) is 0. The number of nitriles is 1. The van der Waals surface area contributed by atoms with Crippen LogP contribution in [0.15, 0.2) is 30.6 Å². The molecule has 8 nitrogen and oxygen atoms in total. The predicted octanol–water partition coefficient (Wildman–Crippen LogP) is 3.25. The van der Waals surface area contributed by atoms with Gasteiger partial charge in [0, 0.05) is 23.5 Å². The molecule has 0 spiro atoms. The minimum atomic E-state index is -1.20. The van der Waals surface area contributed by atoms with Crippen LogP contribution >= 0.6 is 0 Å². The third-order valence-corrected chi connectivity index (χ3v) is 3.71.